The summed E-state index contributed by atoms with van der Waals surface area (Å²) in [6, 6.07) is 4.98. The molecule has 1 aromatic carbocycles. The largest absolute Gasteiger partial charge is 0.497 e. The summed E-state index contributed by atoms with van der Waals surface area (Å²) >= 11 is 3.31. The molecule has 0 spiro atoms. The molecule has 0 bridgehead atoms. The highest BCUT2D eigenvalue weighted by atomic mass is 79.9. The first kappa shape index (κ1) is 12.9. The minimum atomic E-state index is -0.635. The van der Waals surface area contributed by atoms with Crippen molar-refractivity contribution in [3.8, 4) is 5.75 Å². The molecule has 0 aliphatic rings. The minimum absolute atomic E-state index is 0.350. The number of fused-ring (bicyclic) bond motifs is 1. The van der Waals surface area contributed by atoms with Crippen LogP contribution >= 0.6 is 15.9 Å². The quantitative estimate of drug-likeness (QED) is 0.807. The molecular formula is C12H12BrNO4. The Hall–Kier alpha value is -1.56. The van der Waals surface area contributed by atoms with Gasteiger partial charge in [-0.2, -0.15) is 0 Å². The Labute approximate surface area is 111 Å². The number of hydrogen-bond acceptors (Lipinski definition) is 4. The topological polar surface area (TPSA) is 61.4 Å². The standard InChI is InChI=1S/C12H12BrNO4/c1-17-8-3-4-10-9(7-8)11(15)18-12(16)14(10)6-2-5-13/h3-4,7H,2,5-6H2,1H3. The summed E-state index contributed by atoms with van der Waals surface area (Å²) in [5.41, 5.74) is -0.0676. The number of methoxy groups -OCH3 is 1. The Bertz CT molecular complexity index is 674. The van der Waals surface area contributed by atoms with E-state index >= 15 is 0 Å². The summed E-state index contributed by atoms with van der Waals surface area (Å²) in [5, 5.41) is 1.12. The second-order valence-corrected chi connectivity index (χ2v) is 4.53. The molecule has 0 aliphatic carbocycles. The normalized spacial score (nSPS) is 10.8. The van der Waals surface area contributed by atoms with Crippen molar-refractivity contribution in [1.29, 1.82) is 0 Å². The van der Waals surface area contributed by atoms with E-state index < -0.39 is 11.4 Å². The molecule has 96 valence electrons. The van der Waals surface area contributed by atoms with E-state index in [4.69, 9.17) is 9.15 Å². The number of halogens is 1. The summed E-state index contributed by atoms with van der Waals surface area (Å²) in [6.07, 6.45) is 0.773. The van der Waals surface area contributed by atoms with Gasteiger partial charge in [0.1, 0.15) is 5.75 Å². The Kier molecular flexibility index (Phi) is 3.86. The van der Waals surface area contributed by atoms with Crippen molar-refractivity contribution in [2.75, 3.05) is 12.4 Å². The molecule has 0 radical (unpaired) electrons. The second-order valence-electron chi connectivity index (χ2n) is 3.73. The minimum Gasteiger partial charge on any atom is -0.497 e. The van der Waals surface area contributed by atoms with Crippen molar-refractivity contribution in [3.05, 3.63) is 39.2 Å². The van der Waals surface area contributed by atoms with E-state index in [1.54, 1.807) is 18.2 Å². The molecule has 0 aliphatic heterocycles. The van der Waals surface area contributed by atoms with E-state index in [1.165, 1.54) is 11.7 Å². The van der Waals surface area contributed by atoms with E-state index in [0.717, 1.165) is 11.8 Å². The molecule has 2 rings (SSSR count). The first-order valence-electron chi connectivity index (χ1n) is 5.45. The van der Waals surface area contributed by atoms with Crippen molar-refractivity contribution < 1.29 is 9.15 Å². The molecule has 0 saturated heterocycles. The molecule has 0 atom stereocenters. The average Bonchev–Trinajstić information content (AvgIpc) is 2.38. The lowest BCUT2D eigenvalue weighted by Crippen LogP contribution is -2.25. The van der Waals surface area contributed by atoms with E-state index in [2.05, 4.69) is 15.9 Å². The Morgan fingerprint density at radius 2 is 2.17 bits per heavy atom. The number of alkyl halides is 1. The predicted molar refractivity (Wildman–Crippen MR) is 71.7 cm³/mol. The van der Waals surface area contributed by atoms with Gasteiger partial charge in [-0.3, -0.25) is 4.57 Å². The van der Waals surface area contributed by atoms with E-state index in [1.807, 2.05) is 0 Å². The molecule has 0 amide bonds. The van der Waals surface area contributed by atoms with Gasteiger partial charge in [-0.05, 0) is 24.6 Å². The van der Waals surface area contributed by atoms with Crippen molar-refractivity contribution in [1.82, 2.24) is 4.57 Å². The molecule has 1 heterocycles. The first-order chi connectivity index (χ1) is 8.67. The number of aryl methyl sites for hydroxylation is 1. The van der Waals surface area contributed by atoms with Crippen LogP contribution in [0.25, 0.3) is 10.9 Å². The molecule has 5 nitrogen and oxygen atoms in total. The fourth-order valence-electron chi connectivity index (χ4n) is 1.76. The summed E-state index contributed by atoms with van der Waals surface area (Å²) in [4.78, 5) is 23.3. The van der Waals surface area contributed by atoms with Crippen LogP contribution in [0.2, 0.25) is 0 Å². The third kappa shape index (κ3) is 2.33. The molecular weight excluding hydrogens is 302 g/mol. The highest BCUT2D eigenvalue weighted by Gasteiger charge is 2.09. The van der Waals surface area contributed by atoms with Crippen LogP contribution in [0.1, 0.15) is 6.42 Å². The maximum absolute atomic E-state index is 11.7. The van der Waals surface area contributed by atoms with Gasteiger partial charge < -0.3 is 9.15 Å². The lowest BCUT2D eigenvalue weighted by Gasteiger charge is -2.08. The zero-order valence-corrected chi connectivity index (χ0v) is 11.4. The molecule has 0 unspecified atom stereocenters. The summed E-state index contributed by atoms with van der Waals surface area (Å²) in [7, 11) is 1.52. The molecule has 6 heteroatoms. The maximum atomic E-state index is 11.7. The van der Waals surface area contributed by atoms with Gasteiger partial charge in [-0.15, -0.1) is 0 Å². The van der Waals surface area contributed by atoms with Gasteiger partial charge in [0.25, 0.3) is 0 Å². The van der Waals surface area contributed by atoms with Crippen LogP contribution < -0.4 is 16.1 Å². The number of ether oxygens (including phenoxy) is 1. The Morgan fingerprint density at radius 3 is 2.83 bits per heavy atom. The van der Waals surface area contributed by atoms with Gasteiger partial charge in [-0.1, -0.05) is 15.9 Å². The monoisotopic (exact) mass is 313 g/mol. The number of hydrogen-bond donors (Lipinski definition) is 0. The zero-order valence-electron chi connectivity index (χ0n) is 9.81. The third-order valence-electron chi connectivity index (χ3n) is 2.63. The van der Waals surface area contributed by atoms with Crippen molar-refractivity contribution in [2.45, 2.75) is 13.0 Å². The van der Waals surface area contributed by atoms with Gasteiger partial charge in [0.05, 0.1) is 18.0 Å². The Morgan fingerprint density at radius 1 is 1.39 bits per heavy atom. The van der Waals surface area contributed by atoms with Crippen LogP contribution in [0.5, 0.6) is 5.75 Å². The van der Waals surface area contributed by atoms with Crippen molar-refractivity contribution in [2.24, 2.45) is 0 Å². The number of benzene rings is 1. The summed E-state index contributed by atoms with van der Waals surface area (Å²) in [5.74, 6) is -0.0703. The number of nitrogens with zero attached hydrogens (tertiary/aromatic N) is 1. The predicted octanol–water partition coefficient (Wildman–Crippen LogP) is 1.75. The van der Waals surface area contributed by atoms with E-state index in [9.17, 15) is 9.59 Å². The SMILES string of the molecule is COc1ccc2c(c1)c(=O)oc(=O)n2CCCBr. The lowest BCUT2D eigenvalue weighted by molar-refractivity contribution is 0.408. The maximum Gasteiger partial charge on any atom is 0.422 e. The smallest absolute Gasteiger partial charge is 0.422 e. The van der Waals surface area contributed by atoms with Crippen LogP contribution in [0.4, 0.5) is 0 Å². The summed E-state index contributed by atoms with van der Waals surface area (Å²) < 4.78 is 11.2. The number of rotatable bonds is 4. The second kappa shape index (κ2) is 5.39. The molecule has 1 aromatic heterocycles. The van der Waals surface area contributed by atoms with Crippen LogP contribution in [0.15, 0.2) is 32.2 Å². The third-order valence-corrected chi connectivity index (χ3v) is 3.19. The fraction of sp³-hybridized carbons (Fsp3) is 0.333. The van der Waals surface area contributed by atoms with Gasteiger partial charge >= 0.3 is 11.4 Å². The molecule has 0 fully saturated rings. The van der Waals surface area contributed by atoms with Crippen LogP contribution in [0, 0.1) is 0 Å². The first-order valence-corrected chi connectivity index (χ1v) is 6.57. The van der Waals surface area contributed by atoms with Gasteiger partial charge in [-0.25, -0.2) is 9.59 Å². The van der Waals surface area contributed by atoms with Crippen molar-refractivity contribution in [3.63, 3.8) is 0 Å². The highest BCUT2D eigenvalue weighted by Crippen LogP contribution is 2.17. The van der Waals surface area contributed by atoms with Gasteiger partial charge in [0.2, 0.25) is 0 Å². The van der Waals surface area contributed by atoms with E-state index in [0.29, 0.717) is 23.2 Å². The van der Waals surface area contributed by atoms with E-state index in [-0.39, 0.29) is 0 Å². The summed E-state index contributed by atoms with van der Waals surface area (Å²) in [6.45, 7) is 0.497. The number of aromatic nitrogens is 1. The lowest BCUT2D eigenvalue weighted by atomic mass is 10.2. The molecule has 0 N–H and O–H groups in total. The zero-order chi connectivity index (χ0) is 13.1. The van der Waals surface area contributed by atoms with Gasteiger partial charge in [0, 0.05) is 11.9 Å². The van der Waals surface area contributed by atoms with Crippen LogP contribution in [0.3, 0.4) is 0 Å². The molecule has 2 aromatic rings. The van der Waals surface area contributed by atoms with Crippen molar-refractivity contribution >= 4 is 26.8 Å². The van der Waals surface area contributed by atoms with Gasteiger partial charge in [0.15, 0.2) is 0 Å². The Balaban J connectivity index is 2.70. The fourth-order valence-corrected chi connectivity index (χ4v) is 2.01. The van der Waals surface area contributed by atoms with Crippen LogP contribution in [-0.2, 0) is 6.54 Å². The highest BCUT2D eigenvalue weighted by molar-refractivity contribution is 9.09. The molecule has 18 heavy (non-hydrogen) atoms. The average molecular weight is 314 g/mol. The van der Waals surface area contributed by atoms with Crippen LogP contribution in [-0.4, -0.2) is 17.0 Å². The molecule has 0 saturated carbocycles.